The molecule has 30 heavy (non-hydrogen) atoms. The van der Waals surface area contributed by atoms with E-state index in [9.17, 15) is 22.8 Å². The highest BCUT2D eigenvalue weighted by Crippen LogP contribution is 2.38. The maximum Gasteiger partial charge on any atom is 0.416 e. The summed E-state index contributed by atoms with van der Waals surface area (Å²) in [5.74, 6) is -0.0991. The number of hydrogen-bond donors (Lipinski definition) is 0. The molecule has 0 spiro atoms. The van der Waals surface area contributed by atoms with Crippen LogP contribution in [0.25, 0.3) is 0 Å². The Bertz CT molecular complexity index is 911. The Balaban J connectivity index is 1.80. The van der Waals surface area contributed by atoms with Crippen molar-refractivity contribution in [3.8, 4) is 0 Å². The van der Waals surface area contributed by atoms with Crippen molar-refractivity contribution in [2.75, 3.05) is 19.7 Å². The average molecular weight is 423 g/mol. The molecule has 1 aliphatic heterocycles. The van der Waals surface area contributed by atoms with Crippen molar-refractivity contribution in [1.82, 2.24) is 4.90 Å². The van der Waals surface area contributed by atoms with E-state index in [1.807, 2.05) is 0 Å². The SMILES string of the molecule is CCOC(=O)C1(Cc2cccc(C(F)(F)F)c2)CCN(C(=O)c2ccoc2C)CC1. The molecule has 1 aliphatic rings. The second-order valence-corrected chi connectivity index (χ2v) is 7.56. The van der Waals surface area contributed by atoms with Crippen LogP contribution in [0.2, 0.25) is 0 Å². The van der Waals surface area contributed by atoms with Crippen molar-refractivity contribution in [3.63, 3.8) is 0 Å². The number of amides is 1. The molecule has 1 aromatic carbocycles. The zero-order valence-corrected chi connectivity index (χ0v) is 16.9. The number of halogens is 3. The summed E-state index contributed by atoms with van der Waals surface area (Å²) in [4.78, 5) is 27.2. The third kappa shape index (κ3) is 4.52. The Labute approximate surface area is 172 Å². The third-order valence-electron chi connectivity index (χ3n) is 5.60. The second-order valence-electron chi connectivity index (χ2n) is 7.56. The van der Waals surface area contributed by atoms with Crippen LogP contribution >= 0.6 is 0 Å². The number of carbonyl (C=O) groups excluding carboxylic acids is 2. The number of alkyl halides is 3. The van der Waals surface area contributed by atoms with Gasteiger partial charge in [0.2, 0.25) is 0 Å². The van der Waals surface area contributed by atoms with E-state index in [0.29, 0.717) is 42.8 Å². The van der Waals surface area contributed by atoms with Gasteiger partial charge in [0.15, 0.2) is 0 Å². The number of rotatable bonds is 5. The maximum atomic E-state index is 13.1. The van der Waals surface area contributed by atoms with Gasteiger partial charge < -0.3 is 14.1 Å². The summed E-state index contributed by atoms with van der Waals surface area (Å²) in [6.45, 7) is 4.19. The molecule has 5 nitrogen and oxygen atoms in total. The molecule has 162 valence electrons. The topological polar surface area (TPSA) is 59.8 Å². The highest BCUT2D eigenvalue weighted by molar-refractivity contribution is 5.95. The van der Waals surface area contributed by atoms with Crippen molar-refractivity contribution in [3.05, 3.63) is 59.0 Å². The van der Waals surface area contributed by atoms with Gasteiger partial charge in [-0.15, -0.1) is 0 Å². The molecule has 1 saturated heterocycles. The number of piperidine rings is 1. The Morgan fingerprint density at radius 2 is 1.90 bits per heavy atom. The molecule has 3 rings (SSSR count). The molecule has 1 fully saturated rings. The minimum atomic E-state index is -4.45. The molecule has 0 atom stereocenters. The molecule has 0 aliphatic carbocycles. The number of nitrogens with zero attached hydrogens (tertiary/aromatic N) is 1. The van der Waals surface area contributed by atoms with Gasteiger partial charge in [0.1, 0.15) is 5.76 Å². The number of aryl methyl sites for hydroxylation is 1. The van der Waals surface area contributed by atoms with E-state index < -0.39 is 23.1 Å². The lowest BCUT2D eigenvalue weighted by atomic mass is 9.73. The number of ether oxygens (including phenoxy) is 1. The minimum absolute atomic E-state index is 0.128. The number of carbonyl (C=O) groups is 2. The van der Waals surface area contributed by atoms with Gasteiger partial charge in [-0.2, -0.15) is 13.2 Å². The molecule has 2 heterocycles. The number of benzene rings is 1. The van der Waals surface area contributed by atoms with Crippen LogP contribution in [0.3, 0.4) is 0 Å². The summed E-state index contributed by atoms with van der Waals surface area (Å²) in [5, 5.41) is 0. The first-order chi connectivity index (χ1) is 14.2. The van der Waals surface area contributed by atoms with E-state index in [1.54, 1.807) is 30.9 Å². The van der Waals surface area contributed by atoms with Crippen molar-refractivity contribution in [2.24, 2.45) is 5.41 Å². The smallest absolute Gasteiger partial charge is 0.416 e. The van der Waals surface area contributed by atoms with E-state index >= 15 is 0 Å². The Morgan fingerprint density at radius 1 is 1.20 bits per heavy atom. The summed E-state index contributed by atoms with van der Waals surface area (Å²) < 4.78 is 49.7. The fourth-order valence-electron chi connectivity index (χ4n) is 3.90. The largest absolute Gasteiger partial charge is 0.469 e. The van der Waals surface area contributed by atoms with Crippen LogP contribution in [-0.2, 0) is 22.1 Å². The van der Waals surface area contributed by atoms with E-state index in [2.05, 4.69) is 0 Å². The number of likely N-dealkylation sites (tertiary alicyclic amines) is 1. The first-order valence-electron chi connectivity index (χ1n) is 9.83. The zero-order chi connectivity index (χ0) is 21.9. The van der Waals surface area contributed by atoms with Crippen molar-refractivity contribution in [2.45, 2.75) is 39.3 Å². The van der Waals surface area contributed by atoms with Gasteiger partial charge in [0, 0.05) is 13.1 Å². The van der Waals surface area contributed by atoms with Crippen molar-refractivity contribution in [1.29, 1.82) is 0 Å². The van der Waals surface area contributed by atoms with Gasteiger partial charge in [0.25, 0.3) is 5.91 Å². The van der Waals surface area contributed by atoms with E-state index in [-0.39, 0.29) is 18.9 Å². The van der Waals surface area contributed by atoms with Crippen LogP contribution < -0.4 is 0 Å². The molecule has 1 aromatic heterocycles. The number of hydrogen-bond acceptors (Lipinski definition) is 4. The van der Waals surface area contributed by atoms with E-state index in [0.717, 1.165) is 12.1 Å². The summed E-state index contributed by atoms with van der Waals surface area (Å²) in [6.07, 6.45) is -2.26. The van der Waals surface area contributed by atoms with Gasteiger partial charge in [0.05, 0.1) is 29.4 Å². The molecule has 0 bridgehead atoms. The van der Waals surface area contributed by atoms with E-state index in [4.69, 9.17) is 9.15 Å². The number of furan rings is 1. The monoisotopic (exact) mass is 423 g/mol. The minimum Gasteiger partial charge on any atom is -0.469 e. The molecular weight excluding hydrogens is 399 g/mol. The fraction of sp³-hybridized carbons (Fsp3) is 0.455. The van der Waals surface area contributed by atoms with Crippen LogP contribution in [0.5, 0.6) is 0 Å². The molecular formula is C22H24F3NO4. The lowest BCUT2D eigenvalue weighted by molar-refractivity contribution is -0.158. The molecule has 0 N–H and O–H groups in total. The Hall–Kier alpha value is -2.77. The van der Waals surface area contributed by atoms with Gasteiger partial charge in [-0.3, -0.25) is 9.59 Å². The van der Waals surface area contributed by atoms with Gasteiger partial charge >= 0.3 is 12.1 Å². The predicted octanol–water partition coefficient (Wildman–Crippen LogP) is 4.64. The maximum absolute atomic E-state index is 13.1. The predicted molar refractivity (Wildman–Crippen MR) is 103 cm³/mol. The van der Waals surface area contributed by atoms with Crippen LogP contribution in [0, 0.1) is 12.3 Å². The molecule has 1 amide bonds. The molecule has 0 radical (unpaired) electrons. The highest BCUT2D eigenvalue weighted by Gasteiger charge is 2.44. The van der Waals surface area contributed by atoms with Crippen LogP contribution in [0.15, 0.2) is 41.0 Å². The highest BCUT2D eigenvalue weighted by atomic mass is 19.4. The van der Waals surface area contributed by atoms with Gasteiger partial charge in [-0.25, -0.2) is 0 Å². The van der Waals surface area contributed by atoms with Crippen LogP contribution in [0.1, 0.15) is 47.0 Å². The molecule has 8 heteroatoms. The second kappa shape index (κ2) is 8.53. The summed E-state index contributed by atoms with van der Waals surface area (Å²) in [7, 11) is 0. The van der Waals surface area contributed by atoms with E-state index in [1.165, 1.54) is 12.3 Å². The lowest BCUT2D eigenvalue weighted by Gasteiger charge is -2.40. The van der Waals surface area contributed by atoms with Crippen molar-refractivity contribution < 1.29 is 31.9 Å². The van der Waals surface area contributed by atoms with Gasteiger partial charge in [-0.05, 0) is 50.8 Å². The Kier molecular flexibility index (Phi) is 6.24. The van der Waals surface area contributed by atoms with Gasteiger partial charge in [-0.1, -0.05) is 18.2 Å². The lowest BCUT2D eigenvalue weighted by Crippen LogP contribution is -2.48. The first-order valence-corrected chi connectivity index (χ1v) is 9.83. The zero-order valence-electron chi connectivity index (χ0n) is 16.9. The first kappa shape index (κ1) is 21.9. The standard InChI is InChI=1S/C22H24F3NO4/c1-3-29-20(28)21(14-16-5-4-6-17(13-16)22(23,24)25)8-10-26(11-9-21)19(27)18-7-12-30-15(18)2/h4-7,12-13H,3,8-11,14H2,1-2H3. The normalized spacial score (nSPS) is 16.4. The van der Waals surface area contributed by atoms with Crippen LogP contribution in [0.4, 0.5) is 13.2 Å². The fourth-order valence-corrected chi connectivity index (χ4v) is 3.90. The quantitative estimate of drug-likeness (QED) is 0.658. The summed E-state index contributed by atoms with van der Waals surface area (Å²) >= 11 is 0. The Morgan fingerprint density at radius 3 is 2.47 bits per heavy atom. The third-order valence-corrected chi connectivity index (χ3v) is 5.60. The number of esters is 1. The molecule has 2 aromatic rings. The molecule has 0 unspecified atom stereocenters. The average Bonchev–Trinajstić information content (AvgIpc) is 3.13. The summed E-state index contributed by atoms with van der Waals surface area (Å²) in [6, 6.07) is 6.62. The molecule has 0 saturated carbocycles. The summed E-state index contributed by atoms with van der Waals surface area (Å²) in [5.41, 5.74) is -0.829. The van der Waals surface area contributed by atoms with Crippen molar-refractivity contribution >= 4 is 11.9 Å². The van der Waals surface area contributed by atoms with Crippen LogP contribution in [-0.4, -0.2) is 36.5 Å².